The summed E-state index contributed by atoms with van der Waals surface area (Å²) in [5.74, 6) is 2.45. The molecule has 1 aliphatic heterocycles. The Kier molecular flexibility index (Phi) is 6.22. The van der Waals surface area contributed by atoms with E-state index in [-0.39, 0.29) is 10.8 Å². The van der Waals surface area contributed by atoms with E-state index in [4.69, 9.17) is 5.41 Å². The van der Waals surface area contributed by atoms with Gasteiger partial charge in [0.2, 0.25) is 0 Å². The van der Waals surface area contributed by atoms with Gasteiger partial charge in [0.1, 0.15) is 11.5 Å². The van der Waals surface area contributed by atoms with E-state index in [1.807, 2.05) is 25.3 Å². The second kappa shape index (κ2) is 8.44. The van der Waals surface area contributed by atoms with Gasteiger partial charge in [-0.3, -0.25) is 5.41 Å². The van der Waals surface area contributed by atoms with Crippen molar-refractivity contribution in [3.63, 3.8) is 0 Å². The highest BCUT2D eigenvalue weighted by molar-refractivity contribution is 6.00. The standard InChI is InChI=1S/C27H45N5O/c1-19(12-16-32-17-29-24-22(32)23(28)30(6)18-31(24)7)10-14-26(5)20(2)11-15-27(33)21(26)9-8-13-25(27,3)4/h12,17,20-21,28,33H,8-11,13-16,18H2,1-7H3. The molecule has 2 fully saturated rings. The van der Waals surface area contributed by atoms with Crippen LogP contribution in [0, 0.1) is 28.1 Å². The van der Waals surface area contributed by atoms with Crippen molar-refractivity contribution < 1.29 is 5.11 Å². The van der Waals surface area contributed by atoms with Gasteiger partial charge in [0, 0.05) is 20.6 Å². The van der Waals surface area contributed by atoms with Crippen molar-refractivity contribution in [2.24, 2.45) is 22.7 Å². The number of hydrogen-bond donors (Lipinski definition) is 2. The monoisotopic (exact) mass is 455 g/mol. The normalized spacial score (nSPS) is 34.3. The van der Waals surface area contributed by atoms with Crippen LogP contribution < -0.4 is 4.90 Å². The molecular weight excluding hydrogens is 410 g/mol. The van der Waals surface area contributed by atoms with Gasteiger partial charge in [-0.25, -0.2) is 4.98 Å². The molecule has 2 N–H and O–H groups in total. The van der Waals surface area contributed by atoms with Gasteiger partial charge in [0.15, 0.2) is 5.82 Å². The Morgan fingerprint density at radius 2 is 1.94 bits per heavy atom. The van der Waals surface area contributed by atoms with Crippen LogP contribution in [-0.4, -0.2) is 51.8 Å². The summed E-state index contributed by atoms with van der Waals surface area (Å²) in [7, 11) is 3.99. The molecule has 0 spiro atoms. The Bertz CT molecular complexity index is 933. The van der Waals surface area contributed by atoms with Gasteiger partial charge >= 0.3 is 0 Å². The largest absolute Gasteiger partial charge is 0.389 e. The van der Waals surface area contributed by atoms with Gasteiger partial charge in [0.25, 0.3) is 0 Å². The van der Waals surface area contributed by atoms with Gasteiger partial charge in [-0.05, 0) is 68.1 Å². The number of hydrogen-bond acceptors (Lipinski definition) is 4. The summed E-state index contributed by atoms with van der Waals surface area (Å²) in [5, 5.41) is 20.4. The van der Waals surface area contributed by atoms with Crippen LogP contribution in [0.2, 0.25) is 0 Å². The Hall–Kier alpha value is -1.82. The van der Waals surface area contributed by atoms with Crippen molar-refractivity contribution in [1.82, 2.24) is 14.5 Å². The second-order valence-corrected chi connectivity index (χ2v) is 12.2. The zero-order valence-corrected chi connectivity index (χ0v) is 21.9. The van der Waals surface area contributed by atoms with Gasteiger partial charge in [-0.15, -0.1) is 0 Å². The number of fused-ring (bicyclic) bond motifs is 2. The topological polar surface area (TPSA) is 68.4 Å². The predicted octanol–water partition coefficient (Wildman–Crippen LogP) is 5.27. The number of rotatable bonds is 5. The van der Waals surface area contributed by atoms with E-state index in [0.29, 0.717) is 24.3 Å². The van der Waals surface area contributed by atoms with Gasteiger partial charge < -0.3 is 19.5 Å². The van der Waals surface area contributed by atoms with E-state index >= 15 is 0 Å². The molecule has 1 aromatic heterocycles. The molecule has 3 aliphatic rings. The van der Waals surface area contributed by atoms with Crippen molar-refractivity contribution in [3.05, 3.63) is 23.7 Å². The number of nitrogens with zero attached hydrogens (tertiary/aromatic N) is 4. The summed E-state index contributed by atoms with van der Waals surface area (Å²) < 4.78 is 2.10. The number of imidazole rings is 1. The Balaban J connectivity index is 1.47. The number of aromatic nitrogens is 2. The quantitative estimate of drug-likeness (QED) is 0.594. The van der Waals surface area contributed by atoms with Crippen molar-refractivity contribution >= 4 is 11.7 Å². The van der Waals surface area contributed by atoms with Crippen LogP contribution in [-0.2, 0) is 6.54 Å². The third-order valence-electron chi connectivity index (χ3n) is 9.83. The minimum absolute atomic E-state index is 0.00744. The summed E-state index contributed by atoms with van der Waals surface area (Å²) in [6.45, 7) is 13.1. The molecular formula is C27H45N5O. The number of amidine groups is 1. The number of allylic oxidation sites excluding steroid dienone is 2. The molecule has 2 heterocycles. The number of nitrogens with one attached hydrogen (secondary N) is 1. The molecule has 184 valence electrons. The van der Waals surface area contributed by atoms with Crippen LogP contribution in [0.1, 0.15) is 85.3 Å². The first kappa shape index (κ1) is 24.3. The van der Waals surface area contributed by atoms with E-state index in [0.717, 1.165) is 56.6 Å². The van der Waals surface area contributed by atoms with E-state index in [1.165, 1.54) is 12.0 Å². The van der Waals surface area contributed by atoms with Gasteiger partial charge in [-0.2, -0.15) is 0 Å². The molecule has 4 atom stereocenters. The van der Waals surface area contributed by atoms with E-state index in [9.17, 15) is 5.11 Å². The van der Waals surface area contributed by atoms with Crippen molar-refractivity contribution in [2.45, 2.75) is 91.7 Å². The SMILES string of the molecule is CC(=CCn1cnc2c1C(=N)N(C)CN2C)CCC1(C)C(C)CCC2(O)C1CCCC2(C)C. The molecule has 2 saturated carbocycles. The maximum Gasteiger partial charge on any atom is 0.159 e. The summed E-state index contributed by atoms with van der Waals surface area (Å²) in [5.41, 5.74) is 1.93. The summed E-state index contributed by atoms with van der Waals surface area (Å²) in [6, 6.07) is 0. The highest BCUT2D eigenvalue weighted by atomic mass is 16.3. The fourth-order valence-electron chi connectivity index (χ4n) is 7.08. The number of aliphatic hydroxyl groups is 1. The zero-order chi connectivity index (χ0) is 24.2. The third-order valence-corrected chi connectivity index (χ3v) is 9.83. The average molecular weight is 456 g/mol. The molecule has 0 bridgehead atoms. The highest BCUT2D eigenvalue weighted by Crippen LogP contribution is 2.62. The van der Waals surface area contributed by atoms with E-state index in [1.54, 1.807) is 0 Å². The molecule has 0 saturated heterocycles. The van der Waals surface area contributed by atoms with Crippen LogP contribution in [0.15, 0.2) is 18.0 Å². The first-order valence-electron chi connectivity index (χ1n) is 12.8. The summed E-state index contributed by atoms with van der Waals surface area (Å²) >= 11 is 0. The van der Waals surface area contributed by atoms with Crippen LogP contribution in [0.3, 0.4) is 0 Å². The lowest BCUT2D eigenvalue weighted by Crippen LogP contribution is -2.62. The fourth-order valence-corrected chi connectivity index (χ4v) is 7.08. The van der Waals surface area contributed by atoms with Crippen LogP contribution in [0.25, 0.3) is 0 Å². The van der Waals surface area contributed by atoms with Crippen molar-refractivity contribution in [1.29, 1.82) is 5.41 Å². The van der Waals surface area contributed by atoms with Crippen LogP contribution in [0.4, 0.5) is 5.82 Å². The predicted molar refractivity (Wildman–Crippen MR) is 136 cm³/mol. The molecule has 0 aromatic carbocycles. The Morgan fingerprint density at radius 1 is 1.21 bits per heavy atom. The lowest BCUT2D eigenvalue weighted by atomic mass is 9.45. The third kappa shape index (κ3) is 3.92. The summed E-state index contributed by atoms with van der Waals surface area (Å²) in [4.78, 5) is 8.62. The molecule has 4 unspecified atom stereocenters. The first-order chi connectivity index (χ1) is 15.4. The molecule has 0 amide bonds. The molecule has 0 radical (unpaired) electrons. The summed E-state index contributed by atoms with van der Waals surface area (Å²) in [6.07, 6.45) is 12.0. The zero-order valence-electron chi connectivity index (χ0n) is 21.9. The second-order valence-electron chi connectivity index (χ2n) is 12.2. The molecule has 6 nitrogen and oxygen atoms in total. The lowest BCUT2D eigenvalue weighted by molar-refractivity contribution is -0.212. The van der Waals surface area contributed by atoms with Crippen molar-refractivity contribution in [3.8, 4) is 0 Å². The van der Waals surface area contributed by atoms with Gasteiger partial charge in [0.05, 0.1) is 18.6 Å². The number of anilines is 1. The molecule has 33 heavy (non-hydrogen) atoms. The first-order valence-corrected chi connectivity index (χ1v) is 12.8. The Labute approximate surface area is 200 Å². The maximum absolute atomic E-state index is 11.9. The van der Waals surface area contributed by atoms with Crippen LogP contribution >= 0.6 is 0 Å². The fraction of sp³-hybridized carbons (Fsp3) is 0.778. The minimum Gasteiger partial charge on any atom is -0.389 e. The average Bonchev–Trinajstić information content (AvgIpc) is 3.18. The molecule has 4 rings (SSSR count). The highest BCUT2D eigenvalue weighted by Gasteiger charge is 2.60. The minimum atomic E-state index is -0.529. The molecule has 6 heteroatoms. The van der Waals surface area contributed by atoms with E-state index in [2.05, 4.69) is 55.1 Å². The van der Waals surface area contributed by atoms with Gasteiger partial charge in [-0.1, -0.05) is 45.8 Å². The van der Waals surface area contributed by atoms with E-state index < -0.39 is 5.60 Å². The smallest absolute Gasteiger partial charge is 0.159 e. The van der Waals surface area contributed by atoms with Crippen LogP contribution in [0.5, 0.6) is 0 Å². The maximum atomic E-state index is 11.9. The molecule has 2 aliphatic carbocycles. The molecule has 1 aromatic rings. The van der Waals surface area contributed by atoms with Crippen molar-refractivity contribution in [2.75, 3.05) is 25.7 Å². The Morgan fingerprint density at radius 3 is 2.67 bits per heavy atom. The lowest BCUT2D eigenvalue weighted by Gasteiger charge is -2.62.